The second kappa shape index (κ2) is 3.77. The quantitative estimate of drug-likeness (QED) is 0.620. The van der Waals surface area contributed by atoms with Gasteiger partial charge < -0.3 is 0 Å². The summed E-state index contributed by atoms with van der Waals surface area (Å²) in [5.74, 6) is 0. The maximum atomic E-state index is 7.68. The van der Waals surface area contributed by atoms with E-state index in [9.17, 15) is 0 Å². The van der Waals surface area contributed by atoms with Crippen LogP contribution in [-0.2, 0) is 0 Å². The van der Waals surface area contributed by atoms with Gasteiger partial charge in [-0.15, -0.1) is 0 Å². The molecule has 12 heavy (non-hydrogen) atoms. The summed E-state index contributed by atoms with van der Waals surface area (Å²) in [4.78, 5) is 0. The van der Waals surface area contributed by atoms with Gasteiger partial charge in [0.2, 0.25) is 0 Å². The first-order valence-corrected chi connectivity index (χ1v) is 4.22. The number of halogens is 1. The monoisotopic (exact) mass is 182 g/mol. The lowest BCUT2D eigenvalue weighted by molar-refractivity contribution is 1.30. The predicted octanol–water partition coefficient (Wildman–Crippen LogP) is 3.82. The summed E-state index contributed by atoms with van der Waals surface area (Å²) in [6.07, 6.45) is 0. The third-order valence-corrected chi connectivity index (χ3v) is 1.94. The molecule has 0 spiro atoms. The van der Waals surface area contributed by atoms with Gasteiger partial charge in [0.05, 0.1) is 2.74 Å². The smallest absolute Gasteiger partial charge is 0.0755 e. The average molecular weight is 183 g/mol. The van der Waals surface area contributed by atoms with E-state index in [0.717, 1.165) is 22.3 Å². The van der Waals surface area contributed by atoms with Crippen LogP contribution in [0.1, 0.15) is 25.0 Å². The van der Waals surface area contributed by atoms with Gasteiger partial charge in [-0.25, -0.2) is 0 Å². The first-order chi connectivity index (χ1) is 6.43. The number of benzene rings is 1. The van der Waals surface area contributed by atoms with E-state index >= 15 is 0 Å². The summed E-state index contributed by atoms with van der Waals surface area (Å²) in [5, 5.41) is 0. The van der Waals surface area contributed by atoms with E-state index in [1.165, 1.54) is 0 Å². The van der Waals surface area contributed by atoms with Crippen molar-refractivity contribution in [2.24, 2.45) is 0 Å². The molecule has 0 fully saturated rings. The molecule has 0 saturated carbocycles. The molecule has 0 atom stereocenters. The highest BCUT2D eigenvalue weighted by Crippen LogP contribution is 2.17. The van der Waals surface area contributed by atoms with Crippen molar-refractivity contribution in [1.82, 2.24) is 0 Å². The standard InChI is InChI=1S/C11H13Cl/c1-8-6-9(2)11(4-5-12)10(3)7-8/h4-7H,1-3H3/b5-4+/i4D,5D. The average Bonchev–Trinajstić information content (AvgIpc) is 2.01. The lowest BCUT2D eigenvalue weighted by Gasteiger charge is -2.06. The van der Waals surface area contributed by atoms with Gasteiger partial charge in [-0.1, -0.05) is 29.3 Å². The Hall–Kier alpha value is -0.750. The minimum absolute atomic E-state index is 0.0988. The molecule has 1 rings (SSSR count). The minimum atomic E-state index is -0.208. The molecule has 1 aromatic carbocycles. The van der Waals surface area contributed by atoms with Crippen LogP contribution in [0.15, 0.2) is 17.6 Å². The molecule has 0 radical (unpaired) electrons. The highest BCUT2D eigenvalue weighted by atomic mass is 35.5. The summed E-state index contributed by atoms with van der Waals surface area (Å²) in [7, 11) is 0. The summed E-state index contributed by atoms with van der Waals surface area (Å²) in [5.41, 5.74) is 3.73. The summed E-state index contributed by atoms with van der Waals surface area (Å²) in [6, 6.07) is 4.09. The minimum Gasteiger partial charge on any atom is -0.0929 e. The van der Waals surface area contributed by atoms with E-state index in [1.807, 2.05) is 32.9 Å². The van der Waals surface area contributed by atoms with Crippen LogP contribution >= 0.6 is 11.6 Å². The van der Waals surface area contributed by atoms with Crippen molar-refractivity contribution in [3.05, 3.63) is 39.9 Å². The van der Waals surface area contributed by atoms with E-state index in [2.05, 4.69) is 0 Å². The third-order valence-electron chi connectivity index (χ3n) is 1.85. The Morgan fingerprint density at radius 3 is 2.17 bits per heavy atom. The number of aryl methyl sites for hydroxylation is 3. The molecular weight excluding hydrogens is 168 g/mol. The van der Waals surface area contributed by atoms with Crippen molar-refractivity contribution >= 4 is 17.7 Å². The predicted molar refractivity (Wildman–Crippen MR) is 55.5 cm³/mol. The van der Waals surface area contributed by atoms with Crippen molar-refractivity contribution < 1.29 is 2.74 Å². The summed E-state index contributed by atoms with van der Waals surface area (Å²) >= 11 is 5.51. The molecule has 0 nitrogen and oxygen atoms in total. The molecule has 0 unspecified atom stereocenters. The Balaban J connectivity index is 3.43. The van der Waals surface area contributed by atoms with E-state index in [-0.39, 0.29) is 11.6 Å². The Labute approximate surface area is 81.7 Å². The fourth-order valence-electron chi connectivity index (χ4n) is 1.42. The van der Waals surface area contributed by atoms with Gasteiger partial charge in [0.25, 0.3) is 0 Å². The van der Waals surface area contributed by atoms with Gasteiger partial charge in [-0.2, -0.15) is 0 Å². The highest BCUT2D eigenvalue weighted by Gasteiger charge is 1.98. The van der Waals surface area contributed by atoms with Gasteiger partial charge in [0.1, 0.15) is 0 Å². The first-order valence-electron chi connectivity index (χ1n) is 4.84. The van der Waals surface area contributed by atoms with Crippen molar-refractivity contribution in [3.8, 4) is 0 Å². The topological polar surface area (TPSA) is 0 Å². The zero-order valence-electron chi connectivity index (χ0n) is 9.53. The van der Waals surface area contributed by atoms with Gasteiger partial charge in [0, 0.05) is 5.51 Å². The zero-order chi connectivity index (χ0) is 10.9. The molecule has 0 aliphatic heterocycles. The van der Waals surface area contributed by atoms with Crippen molar-refractivity contribution in [2.75, 3.05) is 0 Å². The molecule has 64 valence electrons. The molecule has 0 aliphatic carbocycles. The second-order valence-corrected chi connectivity index (χ2v) is 3.18. The van der Waals surface area contributed by atoms with Crippen LogP contribution < -0.4 is 0 Å². The molecule has 1 heteroatoms. The second-order valence-electron chi connectivity index (χ2n) is 2.99. The molecule has 1 aromatic rings. The lowest BCUT2D eigenvalue weighted by atomic mass is 10.0. The van der Waals surface area contributed by atoms with Crippen LogP contribution in [0.2, 0.25) is 0 Å². The largest absolute Gasteiger partial charge is 0.0929 e. The Morgan fingerprint density at radius 2 is 1.75 bits per heavy atom. The van der Waals surface area contributed by atoms with Crippen LogP contribution in [0.4, 0.5) is 0 Å². The first kappa shape index (κ1) is 6.73. The summed E-state index contributed by atoms with van der Waals surface area (Å²) < 4.78 is 14.9. The molecule has 0 N–H and O–H groups in total. The molecule has 0 aliphatic rings. The van der Waals surface area contributed by atoms with Crippen LogP contribution in [0.5, 0.6) is 0 Å². The third kappa shape index (κ3) is 1.89. The highest BCUT2D eigenvalue weighted by molar-refractivity contribution is 6.27. The van der Waals surface area contributed by atoms with Crippen molar-refractivity contribution in [2.45, 2.75) is 20.8 Å². The van der Waals surface area contributed by atoms with Crippen molar-refractivity contribution in [3.63, 3.8) is 0 Å². The van der Waals surface area contributed by atoms with Crippen molar-refractivity contribution in [1.29, 1.82) is 0 Å². The van der Waals surface area contributed by atoms with Crippen LogP contribution in [-0.4, -0.2) is 0 Å². The summed E-state index contributed by atoms with van der Waals surface area (Å²) in [6.45, 7) is 5.88. The maximum Gasteiger partial charge on any atom is 0.0755 e. The van der Waals surface area contributed by atoms with E-state index in [4.69, 9.17) is 14.3 Å². The van der Waals surface area contributed by atoms with Crippen LogP contribution in [0.25, 0.3) is 6.05 Å². The maximum absolute atomic E-state index is 7.68. The number of rotatable bonds is 1. The fourth-order valence-corrected chi connectivity index (χ4v) is 1.52. The van der Waals surface area contributed by atoms with E-state index in [1.54, 1.807) is 0 Å². The molecule has 0 bridgehead atoms. The van der Waals surface area contributed by atoms with Crippen LogP contribution in [0, 0.1) is 20.8 Å². The Morgan fingerprint density at radius 1 is 1.25 bits per heavy atom. The molecule has 0 saturated heterocycles. The molecular formula is C11H13Cl. The lowest BCUT2D eigenvalue weighted by Crippen LogP contribution is -1.87. The Kier molecular flexibility index (Phi) is 2.12. The molecule has 0 amide bonds. The van der Waals surface area contributed by atoms with Crippen LogP contribution in [0.3, 0.4) is 0 Å². The Bertz CT molecular complexity index is 367. The molecule has 0 heterocycles. The SMILES string of the molecule is [2H]/C(Cl)=C(/[2H])c1c(C)cc(C)cc1C. The fraction of sp³-hybridized carbons (Fsp3) is 0.273. The number of hydrogen-bond donors (Lipinski definition) is 0. The van der Waals surface area contributed by atoms with E-state index in [0.29, 0.717) is 0 Å². The molecule has 0 aromatic heterocycles. The van der Waals surface area contributed by atoms with E-state index < -0.39 is 0 Å². The number of hydrogen-bond acceptors (Lipinski definition) is 0. The van der Waals surface area contributed by atoms with Gasteiger partial charge >= 0.3 is 0 Å². The van der Waals surface area contributed by atoms with Gasteiger partial charge in [0.15, 0.2) is 0 Å². The normalized spacial score (nSPS) is 15.0. The van der Waals surface area contributed by atoms with Gasteiger partial charge in [-0.05, 0) is 43.5 Å². The zero-order valence-corrected chi connectivity index (χ0v) is 8.29. The van der Waals surface area contributed by atoms with Gasteiger partial charge in [-0.3, -0.25) is 0 Å².